The van der Waals surface area contributed by atoms with Gasteiger partial charge in [0.05, 0.1) is 5.69 Å². The van der Waals surface area contributed by atoms with Crippen LogP contribution in [0.5, 0.6) is 5.75 Å². The Labute approximate surface area is 121 Å². The van der Waals surface area contributed by atoms with Crippen LogP contribution in [0.15, 0.2) is 28.1 Å². The van der Waals surface area contributed by atoms with Crippen LogP contribution in [0.25, 0.3) is 0 Å². The van der Waals surface area contributed by atoms with Crippen LogP contribution in [0.2, 0.25) is 0 Å². The first-order valence-corrected chi connectivity index (χ1v) is 7.86. The summed E-state index contributed by atoms with van der Waals surface area (Å²) in [4.78, 5) is 5.62. The van der Waals surface area contributed by atoms with E-state index >= 15 is 0 Å². The minimum absolute atomic E-state index is 0.584. The number of halogens is 2. The molecule has 5 heteroatoms. The summed E-state index contributed by atoms with van der Waals surface area (Å²) >= 11 is 8.54. The van der Waals surface area contributed by atoms with Crippen molar-refractivity contribution in [2.24, 2.45) is 0 Å². The second-order valence-electron chi connectivity index (χ2n) is 3.55. The monoisotopic (exact) mass is 375 g/mol. The van der Waals surface area contributed by atoms with Gasteiger partial charge in [-0.3, -0.25) is 4.98 Å². The van der Waals surface area contributed by atoms with E-state index in [2.05, 4.69) is 48.3 Å². The van der Waals surface area contributed by atoms with Crippen LogP contribution in [-0.2, 0) is 11.9 Å². The molecule has 0 aromatic carbocycles. The second-order valence-corrected chi connectivity index (χ2v) is 6.02. The van der Waals surface area contributed by atoms with Gasteiger partial charge >= 0.3 is 0 Å². The van der Waals surface area contributed by atoms with E-state index in [1.807, 2.05) is 19.1 Å². The number of nitrogens with zero attached hydrogens (tertiary/aromatic N) is 1. The summed E-state index contributed by atoms with van der Waals surface area (Å²) in [6, 6.07) is 6.01. The van der Waals surface area contributed by atoms with Crippen LogP contribution in [-0.4, -0.2) is 4.98 Å². The van der Waals surface area contributed by atoms with Gasteiger partial charge in [0.15, 0.2) is 0 Å². The van der Waals surface area contributed by atoms with Gasteiger partial charge in [0.2, 0.25) is 0 Å². The van der Waals surface area contributed by atoms with E-state index in [9.17, 15) is 0 Å². The summed E-state index contributed by atoms with van der Waals surface area (Å²) < 4.78 is 6.88. The van der Waals surface area contributed by atoms with Gasteiger partial charge in [0.25, 0.3) is 0 Å². The average molecular weight is 377 g/mol. The van der Waals surface area contributed by atoms with Gasteiger partial charge in [-0.25, -0.2) is 0 Å². The predicted octanol–water partition coefficient (Wildman–Crippen LogP) is 4.69. The second kappa shape index (κ2) is 5.98. The Morgan fingerprint density at radius 2 is 2.24 bits per heavy atom. The maximum absolute atomic E-state index is 5.78. The summed E-state index contributed by atoms with van der Waals surface area (Å²) in [7, 11) is 0. The first-order valence-electron chi connectivity index (χ1n) is 5.07. The fourth-order valence-corrected chi connectivity index (χ4v) is 3.17. The van der Waals surface area contributed by atoms with E-state index in [1.54, 1.807) is 11.3 Å². The molecule has 2 nitrogen and oxygen atoms in total. The molecule has 0 atom stereocenters. The fourth-order valence-electron chi connectivity index (χ4n) is 1.40. The van der Waals surface area contributed by atoms with Gasteiger partial charge in [-0.05, 0) is 41.1 Å². The zero-order valence-corrected chi connectivity index (χ0v) is 13.2. The first-order chi connectivity index (χ1) is 8.19. The van der Waals surface area contributed by atoms with Crippen LogP contribution in [0.4, 0.5) is 0 Å². The topological polar surface area (TPSA) is 22.1 Å². The van der Waals surface area contributed by atoms with Crippen LogP contribution in [0, 0.1) is 6.92 Å². The molecule has 2 rings (SSSR count). The van der Waals surface area contributed by atoms with Crippen molar-refractivity contribution in [3.8, 4) is 5.75 Å². The van der Waals surface area contributed by atoms with E-state index < -0.39 is 0 Å². The summed E-state index contributed by atoms with van der Waals surface area (Å²) in [5, 5.41) is 2.76. The molecule has 0 saturated heterocycles. The van der Waals surface area contributed by atoms with E-state index in [0.29, 0.717) is 11.9 Å². The highest BCUT2D eigenvalue weighted by atomic mass is 79.9. The summed E-state index contributed by atoms with van der Waals surface area (Å²) in [6.07, 6.45) is 0. The molecule has 17 heavy (non-hydrogen) atoms. The molecule has 0 unspecified atom stereocenters. The number of ether oxygens (including phenoxy) is 1. The lowest BCUT2D eigenvalue weighted by Gasteiger charge is -2.08. The van der Waals surface area contributed by atoms with E-state index in [-0.39, 0.29) is 0 Å². The fraction of sp³-hybridized carbons (Fsp3) is 0.250. The van der Waals surface area contributed by atoms with Crippen LogP contribution in [0.1, 0.15) is 16.3 Å². The number of alkyl halides is 1. The number of hydrogen-bond acceptors (Lipinski definition) is 3. The largest absolute Gasteiger partial charge is 0.486 e. The quantitative estimate of drug-likeness (QED) is 0.722. The molecule has 2 aromatic rings. The molecule has 0 N–H and O–H groups in total. The lowest BCUT2D eigenvalue weighted by Crippen LogP contribution is -1.99. The van der Waals surface area contributed by atoms with Gasteiger partial charge in [-0.2, -0.15) is 0 Å². The first kappa shape index (κ1) is 13.1. The van der Waals surface area contributed by atoms with Crippen molar-refractivity contribution in [1.82, 2.24) is 4.98 Å². The van der Waals surface area contributed by atoms with Crippen molar-refractivity contribution < 1.29 is 4.74 Å². The highest BCUT2D eigenvalue weighted by molar-refractivity contribution is 9.10. The van der Waals surface area contributed by atoms with Gasteiger partial charge in [-0.1, -0.05) is 15.9 Å². The van der Waals surface area contributed by atoms with Crippen molar-refractivity contribution in [2.75, 3.05) is 0 Å². The third-order valence-corrected chi connectivity index (χ3v) is 4.39. The molecule has 2 aromatic heterocycles. The third-order valence-electron chi connectivity index (χ3n) is 2.19. The lowest BCUT2D eigenvalue weighted by atomic mass is 10.3. The Kier molecular flexibility index (Phi) is 4.59. The number of hydrogen-bond donors (Lipinski definition) is 0. The normalized spacial score (nSPS) is 10.5. The summed E-state index contributed by atoms with van der Waals surface area (Å²) in [5.41, 5.74) is 1.95. The van der Waals surface area contributed by atoms with Gasteiger partial charge in [-0.15, -0.1) is 11.3 Å². The van der Waals surface area contributed by atoms with Crippen molar-refractivity contribution >= 4 is 43.2 Å². The Bertz CT molecular complexity index is 513. The van der Waals surface area contributed by atoms with E-state index in [4.69, 9.17) is 4.74 Å². The zero-order valence-electron chi connectivity index (χ0n) is 9.24. The third kappa shape index (κ3) is 3.53. The molecule has 0 aliphatic rings. The van der Waals surface area contributed by atoms with Crippen molar-refractivity contribution in [1.29, 1.82) is 0 Å². The minimum Gasteiger partial charge on any atom is -0.486 e. The van der Waals surface area contributed by atoms with Gasteiger partial charge in [0.1, 0.15) is 12.4 Å². The summed E-state index contributed by atoms with van der Waals surface area (Å²) in [6.45, 7) is 2.56. The van der Waals surface area contributed by atoms with Gasteiger partial charge < -0.3 is 4.74 Å². The Hall–Kier alpha value is -0.390. The van der Waals surface area contributed by atoms with Crippen LogP contribution < -0.4 is 4.74 Å². The highest BCUT2D eigenvalue weighted by Crippen LogP contribution is 2.24. The molecule has 0 aliphatic heterocycles. The lowest BCUT2D eigenvalue weighted by molar-refractivity contribution is 0.305. The van der Waals surface area contributed by atoms with Crippen molar-refractivity contribution in [2.45, 2.75) is 18.9 Å². The summed E-state index contributed by atoms with van der Waals surface area (Å²) in [5.74, 6) is 0.844. The SMILES string of the molecule is Cc1ccc(OCc2cc(Br)cs2)c(CBr)n1. The highest BCUT2D eigenvalue weighted by Gasteiger charge is 2.06. The predicted molar refractivity (Wildman–Crippen MR) is 78.0 cm³/mol. The molecule has 0 radical (unpaired) electrons. The Morgan fingerprint density at radius 3 is 2.88 bits per heavy atom. The van der Waals surface area contributed by atoms with Crippen molar-refractivity contribution in [3.05, 3.63) is 44.3 Å². The number of thiophene rings is 1. The Morgan fingerprint density at radius 1 is 1.41 bits per heavy atom. The molecular formula is C12H11Br2NOS. The number of pyridine rings is 1. The molecule has 2 heterocycles. The maximum atomic E-state index is 5.78. The van der Waals surface area contributed by atoms with Crippen LogP contribution >= 0.6 is 43.2 Å². The Balaban J connectivity index is 2.08. The molecule has 90 valence electrons. The maximum Gasteiger partial charge on any atom is 0.142 e. The van der Waals surface area contributed by atoms with E-state index in [0.717, 1.165) is 21.6 Å². The molecule has 0 fully saturated rings. The standard InChI is InChI=1S/C12H11Br2NOS/c1-8-2-3-12(11(5-13)15-8)16-6-10-4-9(14)7-17-10/h2-4,7H,5-6H2,1H3. The number of rotatable bonds is 4. The molecule has 0 spiro atoms. The number of aromatic nitrogens is 1. The minimum atomic E-state index is 0.584. The van der Waals surface area contributed by atoms with Gasteiger partial charge in [0, 0.05) is 25.8 Å². The molecule has 0 aliphatic carbocycles. The molecule has 0 amide bonds. The van der Waals surface area contributed by atoms with Crippen molar-refractivity contribution in [3.63, 3.8) is 0 Å². The molecular weight excluding hydrogens is 366 g/mol. The van der Waals surface area contributed by atoms with E-state index in [1.165, 1.54) is 4.88 Å². The molecule has 0 saturated carbocycles. The zero-order chi connectivity index (χ0) is 12.3. The van der Waals surface area contributed by atoms with Crippen LogP contribution in [0.3, 0.4) is 0 Å². The smallest absolute Gasteiger partial charge is 0.142 e. The number of aryl methyl sites for hydroxylation is 1. The molecule has 0 bridgehead atoms. The average Bonchev–Trinajstić information content (AvgIpc) is 2.73.